The van der Waals surface area contributed by atoms with Crippen molar-refractivity contribution in [1.82, 2.24) is 9.36 Å². The molecule has 1 heterocycles. The van der Waals surface area contributed by atoms with Crippen molar-refractivity contribution in [3.63, 3.8) is 0 Å². The lowest BCUT2D eigenvalue weighted by Crippen LogP contribution is -2.18. The summed E-state index contributed by atoms with van der Waals surface area (Å²) >= 11 is 9.24. The Kier molecular flexibility index (Phi) is 4.61. The molecule has 2 aromatic rings. The number of rotatable bonds is 4. The van der Waals surface area contributed by atoms with Gasteiger partial charge in [-0.1, -0.05) is 29.4 Å². The first-order chi connectivity index (χ1) is 8.56. The van der Waals surface area contributed by atoms with Crippen molar-refractivity contribution in [3.05, 3.63) is 34.6 Å². The second kappa shape index (κ2) is 6.02. The first kappa shape index (κ1) is 13.8. The molecule has 0 saturated carbocycles. The van der Waals surface area contributed by atoms with Crippen molar-refractivity contribution in [2.45, 2.75) is 35.5 Å². The summed E-state index contributed by atoms with van der Waals surface area (Å²) in [6.07, 6.45) is 0.764. The Morgan fingerprint density at radius 1 is 1.50 bits per heavy atom. The third-order valence-corrected chi connectivity index (χ3v) is 4.61. The molecule has 3 nitrogen and oxygen atoms in total. The lowest BCUT2D eigenvalue weighted by atomic mass is 10.1. The van der Waals surface area contributed by atoms with Gasteiger partial charge in [0.15, 0.2) is 4.34 Å². The Morgan fingerprint density at radius 3 is 2.89 bits per heavy atom. The summed E-state index contributed by atoms with van der Waals surface area (Å²) in [6, 6.07) is 5.98. The van der Waals surface area contributed by atoms with E-state index in [2.05, 4.69) is 9.36 Å². The first-order valence-corrected chi connectivity index (χ1v) is 7.54. The molecule has 96 valence electrons. The number of aryl methyl sites for hydroxylation is 1. The number of aromatic nitrogens is 2. The minimum Gasteiger partial charge on any atom is -0.328 e. The highest BCUT2D eigenvalue weighted by atomic mass is 35.5. The lowest BCUT2D eigenvalue weighted by molar-refractivity contribution is 0.729. The summed E-state index contributed by atoms with van der Waals surface area (Å²) in [6.45, 7) is 3.87. The molecule has 0 amide bonds. The molecule has 2 rings (SSSR count). The van der Waals surface area contributed by atoms with Crippen molar-refractivity contribution in [1.29, 1.82) is 0 Å². The second-order valence-electron chi connectivity index (χ2n) is 4.11. The molecule has 1 aromatic heterocycles. The number of nitrogens with two attached hydrogens (primary N) is 1. The summed E-state index contributed by atoms with van der Waals surface area (Å²) in [5, 5.41) is 0.763. The van der Waals surface area contributed by atoms with Crippen LogP contribution in [0.1, 0.15) is 18.3 Å². The largest absolute Gasteiger partial charge is 0.328 e. The van der Waals surface area contributed by atoms with Crippen LogP contribution in [0, 0.1) is 6.92 Å². The molecule has 6 heteroatoms. The van der Waals surface area contributed by atoms with Gasteiger partial charge < -0.3 is 5.73 Å². The molecule has 1 unspecified atom stereocenters. The number of nitrogens with zero attached hydrogens (tertiary/aromatic N) is 2. The quantitative estimate of drug-likeness (QED) is 0.938. The van der Waals surface area contributed by atoms with Crippen LogP contribution in [0.5, 0.6) is 0 Å². The second-order valence-corrected chi connectivity index (χ2v) is 6.56. The summed E-state index contributed by atoms with van der Waals surface area (Å²) < 4.78 is 5.11. The van der Waals surface area contributed by atoms with Gasteiger partial charge in [-0.25, -0.2) is 4.98 Å². The van der Waals surface area contributed by atoms with E-state index in [1.54, 1.807) is 11.8 Å². The van der Waals surface area contributed by atoms with Gasteiger partial charge in [0.2, 0.25) is 0 Å². The number of benzene rings is 1. The Morgan fingerprint density at radius 2 is 2.28 bits per heavy atom. The maximum Gasteiger partial charge on any atom is 0.174 e. The molecule has 0 bridgehead atoms. The van der Waals surface area contributed by atoms with Crippen molar-refractivity contribution in [2.24, 2.45) is 5.73 Å². The third-order valence-electron chi connectivity index (χ3n) is 2.31. The van der Waals surface area contributed by atoms with E-state index in [1.807, 2.05) is 32.0 Å². The fourth-order valence-electron chi connectivity index (χ4n) is 1.57. The molecule has 0 aliphatic carbocycles. The predicted molar refractivity (Wildman–Crippen MR) is 77.6 cm³/mol. The Bertz CT molecular complexity index is 540. The van der Waals surface area contributed by atoms with Gasteiger partial charge in [0.05, 0.1) is 0 Å². The van der Waals surface area contributed by atoms with Crippen LogP contribution in [-0.2, 0) is 6.42 Å². The predicted octanol–water partition coefficient (Wildman–Crippen LogP) is 3.54. The summed E-state index contributed by atoms with van der Waals surface area (Å²) in [7, 11) is 0. The molecule has 1 aromatic carbocycles. The molecule has 0 spiro atoms. The van der Waals surface area contributed by atoms with Crippen LogP contribution in [0.4, 0.5) is 0 Å². The van der Waals surface area contributed by atoms with Gasteiger partial charge in [-0.15, -0.1) is 0 Å². The SMILES string of the molecule is Cc1nsc(Sc2cccc(Cl)c2CC(C)N)n1. The molecular weight excluding hydrogens is 286 g/mol. The standard InChI is InChI=1S/C12H14ClN3S2/c1-7(14)6-9-10(13)4-3-5-11(9)17-12-15-8(2)16-18-12/h3-5,7H,6,14H2,1-2H3. The smallest absolute Gasteiger partial charge is 0.174 e. The highest BCUT2D eigenvalue weighted by Crippen LogP contribution is 2.35. The summed E-state index contributed by atoms with van der Waals surface area (Å²) in [5.41, 5.74) is 6.96. The van der Waals surface area contributed by atoms with Crippen molar-refractivity contribution in [2.75, 3.05) is 0 Å². The Balaban J connectivity index is 2.29. The van der Waals surface area contributed by atoms with E-state index >= 15 is 0 Å². The molecule has 0 aliphatic rings. The zero-order valence-corrected chi connectivity index (χ0v) is 12.6. The van der Waals surface area contributed by atoms with Gasteiger partial charge >= 0.3 is 0 Å². The van der Waals surface area contributed by atoms with E-state index in [9.17, 15) is 0 Å². The van der Waals surface area contributed by atoms with E-state index in [1.165, 1.54) is 11.5 Å². The van der Waals surface area contributed by atoms with Crippen LogP contribution in [-0.4, -0.2) is 15.4 Å². The van der Waals surface area contributed by atoms with Crippen LogP contribution >= 0.6 is 34.9 Å². The Labute approximate surface area is 120 Å². The van der Waals surface area contributed by atoms with Crippen molar-refractivity contribution in [3.8, 4) is 0 Å². The van der Waals surface area contributed by atoms with Gasteiger partial charge in [0.1, 0.15) is 5.82 Å². The summed E-state index contributed by atoms with van der Waals surface area (Å²) in [4.78, 5) is 5.46. The van der Waals surface area contributed by atoms with Crippen LogP contribution in [0.3, 0.4) is 0 Å². The van der Waals surface area contributed by atoms with Crippen LogP contribution < -0.4 is 5.73 Å². The average Bonchev–Trinajstić information content (AvgIpc) is 2.69. The van der Waals surface area contributed by atoms with Crippen LogP contribution in [0.15, 0.2) is 27.4 Å². The fourth-order valence-corrected chi connectivity index (χ4v) is 3.66. The van der Waals surface area contributed by atoms with E-state index < -0.39 is 0 Å². The summed E-state index contributed by atoms with van der Waals surface area (Å²) in [5.74, 6) is 0.804. The molecule has 2 N–H and O–H groups in total. The lowest BCUT2D eigenvalue weighted by Gasteiger charge is -2.11. The minimum atomic E-state index is 0.0837. The van der Waals surface area contributed by atoms with Gasteiger partial charge in [-0.3, -0.25) is 0 Å². The van der Waals surface area contributed by atoms with E-state index in [0.717, 1.165) is 32.1 Å². The molecule has 0 saturated heterocycles. The Hall–Kier alpha value is -0.620. The number of hydrogen-bond donors (Lipinski definition) is 1. The fraction of sp³-hybridized carbons (Fsp3) is 0.333. The molecule has 0 fully saturated rings. The molecule has 0 radical (unpaired) electrons. The van der Waals surface area contributed by atoms with Crippen LogP contribution in [0.2, 0.25) is 5.02 Å². The third kappa shape index (κ3) is 3.45. The number of halogens is 1. The van der Waals surface area contributed by atoms with Gasteiger partial charge in [0.25, 0.3) is 0 Å². The maximum absolute atomic E-state index is 6.24. The minimum absolute atomic E-state index is 0.0837. The number of hydrogen-bond acceptors (Lipinski definition) is 5. The molecule has 0 aliphatic heterocycles. The van der Waals surface area contributed by atoms with Crippen molar-refractivity contribution < 1.29 is 0 Å². The van der Waals surface area contributed by atoms with Crippen LogP contribution in [0.25, 0.3) is 0 Å². The topological polar surface area (TPSA) is 51.8 Å². The van der Waals surface area contributed by atoms with E-state index in [0.29, 0.717) is 0 Å². The highest BCUT2D eigenvalue weighted by molar-refractivity contribution is 8.01. The highest BCUT2D eigenvalue weighted by Gasteiger charge is 2.12. The monoisotopic (exact) mass is 299 g/mol. The molecular formula is C12H14ClN3S2. The average molecular weight is 300 g/mol. The first-order valence-electron chi connectivity index (χ1n) is 5.57. The molecule has 18 heavy (non-hydrogen) atoms. The van der Waals surface area contributed by atoms with Crippen molar-refractivity contribution >= 4 is 34.9 Å². The van der Waals surface area contributed by atoms with Gasteiger partial charge in [-0.05, 0) is 49.5 Å². The zero-order valence-electron chi connectivity index (χ0n) is 10.2. The zero-order chi connectivity index (χ0) is 13.1. The maximum atomic E-state index is 6.24. The normalized spacial score (nSPS) is 12.7. The molecule has 1 atom stereocenters. The van der Waals surface area contributed by atoms with E-state index in [4.69, 9.17) is 17.3 Å². The van der Waals surface area contributed by atoms with Gasteiger partial charge in [-0.2, -0.15) is 4.37 Å². The van der Waals surface area contributed by atoms with E-state index in [-0.39, 0.29) is 6.04 Å². The van der Waals surface area contributed by atoms with Gasteiger partial charge in [0, 0.05) is 16.0 Å².